The van der Waals surface area contributed by atoms with E-state index in [2.05, 4.69) is 44.2 Å². The van der Waals surface area contributed by atoms with Crippen molar-refractivity contribution in [1.29, 1.82) is 0 Å². The minimum Gasteiger partial charge on any atom is -0.317 e. The van der Waals surface area contributed by atoms with Gasteiger partial charge in [0.05, 0.1) is 0 Å². The highest BCUT2D eigenvalue weighted by Gasteiger charge is 2.63. The normalized spacial score (nSPS) is 55.1. The molecule has 1 heterocycles. The van der Waals surface area contributed by atoms with Gasteiger partial charge in [-0.05, 0) is 107 Å². The quantitative estimate of drug-likeness (QED) is 0.707. The minimum atomic E-state index is 0.520. The zero-order valence-electron chi connectivity index (χ0n) is 16.9. The van der Waals surface area contributed by atoms with Crippen molar-refractivity contribution in [2.45, 2.75) is 77.3 Å². The predicted octanol–water partition coefficient (Wildman–Crippen LogP) is 4.47. The SMILES string of the molecule is CN[C@H]1CC[C@@]2(C)C(=CC[C@H]3[C@H]4CC[C@@H]5[C@@H](C)N(C)C[C@]45CC[C@H]32)C1. The van der Waals surface area contributed by atoms with Gasteiger partial charge < -0.3 is 10.2 Å². The third-order valence-corrected chi connectivity index (χ3v) is 10.1. The van der Waals surface area contributed by atoms with Crippen LogP contribution in [0.15, 0.2) is 11.6 Å². The lowest BCUT2D eigenvalue weighted by atomic mass is 9.47. The standard InChI is InChI=1S/C23H38N2/c1-15-19-7-8-21-18-6-5-16-13-17(24-3)9-11-22(16,2)20(18)10-12-23(19,21)14-25(15)4/h5,15,17-21,24H,6-14H2,1-4H3/t15-,17+,18-,19-,20-,21-,22+,23+/m1/s1. The number of nitrogens with zero attached hydrogens (tertiary/aromatic N) is 1. The first-order valence-corrected chi connectivity index (χ1v) is 11.1. The second kappa shape index (κ2) is 5.58. The van der Waals surface area contributed by atoms with Gasteiger partial charge in [-0.2, -0.15) is 0 Å². The number of nitrogens with one attached hydrogen (secondary N) is 1. The summed E-state index contributed by atoms with van der Waals surface area (Å²) in [5, 5.41) is 3.56. The van der Waals surface area contributed by atoms with Crippen LogP contribution < -0.4 is 5.32 Å². The Bertz CT molecular complexity index is 583. The Labute approximate surface area is 154 Å². The third kappa shape index (κ3) is 2.10. The molecule has 0 radical (unpaired) electrons. The zero-order chi connectivity index (χ0) is 17.4. The molecule has 4 aliphatic carbocycles. The van der Waals surface area contributed by atoms with Crippen LogP contribution in [0.2, 0.25) is 0 Å². The maximum atomic E-state index is 3.56. The molecule has 8 atom stereocenters. The molecule has 0 unspecified atom stereocenters. The molecule has 1 aliphatic heterocycles. The molecule has 4 fully saturated rings. The number of rotatable bonds is 1. The van der Waals surface area contributed by atoms with Crippen molar-refractivity contribution in [2.24, 2.45) is 34.5 Å². The maximum Gasteiger partial charge on any atom is 0.0102 e. The topological polar surface area (TPSA) is 15.3 Å². The van der Waals surface area contributed by atoms with E-state index < -0.39 is 0 Å². The Hall–Kier alpha value is -0.340. The van der Waals surface area contributed by atoms with E-state index in [9.17, 15) is 0 Å². The average molecular weight is 343 g/mol. The summed E-state index contributed by atoms with van der Waals surface area (Å²) in [6.45, 7) is 6.55. The second-order valence-corrected chi connectivity index (χ2v) is 10.6. The van der Waals surface area contributed by atoms with Crippen LogP contribution >= 0.6 is 0 Å². The number of fused-ring (bicyclic) bond motifs is 4. The Morgan fingerprint density at radius 2 is 1.88 bits per heavy atom. The average Bonchev–Trinajstić information content (AvgIpc) is 3.09. The fraction of sp³-hybridized carbons (Fsp3) is 0.913. The molecule has 0 amide bonds. The van der Waals surface area contributed by atoms with E-state index in [4.69, 9.17) is 0 Å². The van der Waals surface area contributed by atoms with E-state index in [1.165, 1.54) is 57.9 Å². The number of allylic oxidation sites excluding steroid dienone is 1. The van der Waals surface area contributed by atoms with Crippen molar-refractivity contribution in [3.05, 3.63) is 11.6 Å². The fourth-order valence-electron chi connectivity index (χ4n) is 8.71. The second-order valence-electron chi connectivity index (χ2n) is 10.6. The lowest BCUT2D eigenvalue weighted by Gasteiger charge is -2.58. The predicted molar refractivity (Wildman–Crippen MR) is 104 cm³/mol. The summed E-state index contributed by atoms with van der Waals surface area (Å²) in [5.41, 5.74) is 3.02. The van der Waals surface area contributed by atoms with Crippen LogP contribution in [0.1, 0.15) is 65.2 Å². The van der Waals surface area contributed by atoms with Gasteiger partial charge in [0.1, 0.15) is 0 Å². The van der Waals surface area contributed by atoms with Gasteiger partial charge in [0.25, 0.3) is 0 Å². The van der Waals surface area contributed by atoms with Crippen LogP contribution in [0.25, 0.3) is 0 Å². The van der Waals surface area contributed by atoms with Gasteiger partial charge in [0, 0.05) is 18.6 Å². The van der Waals surface area contributed by atoms with Crippen LogP contribution in [0.3, 0.4) is 0 Å². The van der Waals surface area contributed by atoms with Gasteiger partial charge >= 0.3 is 0 Å². The molecule has 140 valence electrons. The zero-order valence-corrected chi connectivity index (χ0v) is 16.9. The molecule has 5 rings (SSSR count). The number of likely N-dealkylation sites (tertiary alicyclic amines) is 1. The molecule has 2 heteroatoms. The maximum absolute atomic E-state index is 3.56. The van der Waals surface area contributed by atoms with Crippen LogP contribution in [0, 0.1) is 34.5 Å². The van der Waals surface area contributed by atoms with Crippen LogP contribution in [0.5, 0.6) is 0 Å². The van der Waals surface area contributed by atoms with E-state index in [0.717, 1.165) is 35.8 Å². The van der Waals surface area contributed by atoms with Crippen molar-refractivity contribution >= 4 is 0 Å². The summed E-state index contributed by atoms with van der Waals surface area (Å²) >= 11 is 0. The summed E-state index contributed by atoms with van der Waals surface area (Å²) in [4.78, 5) is 2.70. The number of hydrogen-bond donors (Lipinski definition) is 1. The molecule has 0 aromatic heterocycles. The monoisotopic (exact) mass is 342 g/mol. The summed E-state index contributed by atoms with van der Waals surface area (Å²) in [6, 6.07) is 1.55. The van der Waals surface area contributed by atoms with Crippen LogP contribution in [0.4, 0.5) is 0 Å². The molecule has 0 bridgehead atoms. The summed E-state index contributed by atoms with van der Waals surface area (Å²) in [7, 11) is 4.54. The van der Waals surface area contributed by atoms with Gasteiger partial charge in [-0.3, -0.25) is 0 Å². The van der Waals surface area contributed by atoms with Gasteiger partial charge in [0.2, 0.25) is 0 Å². The fourth-order valence-corrected chi connectivity index (χ4v) is 8.71. The Balaban J connectivity index is 1.47. The summed E-state index contributed by atoms with van der Waals surface area (Å²) in [5.74, 6) is 3.96. The molecule has 1 spiro atoms. The molecular weight excluding hydrogens is 304 g/mol. The highest BCUT2D eigenvalue weighted by molar-refractivity contribution is 5.26. The highest BCUT2D eigenvalue weighted by atomic mass is 15.2. The Morgan fingerprint density at radius 3 is 2.68 bits per heavy atom. The van der Waals surface area contributed by atoms with E-state index in [1.54, 1.807) is 0 Å². The highest BCUT2D eigenvalue weighted by Crippen LogP contribution is 2.68. The number of hydrogen-bond acceptors (Lipinski definition) is 2. The Morgan fingerprint density at radius 1 is 1.08 bits per heavy atom. The molecular formula is C23H38N2. The van der Waals surface area contributed by atoms with Gasteiger partial charge in [-0.25, -0.2) is 0 Å². The molecule has 0 aromatic carbocycles. The summed E-state index contributed by atoms with van der Waals surface area (Å²) < 4.78 is 0. The van der Waals surface area contributed by atoms with Gasteiger partial charge in [-0.1, -0.05) is 18.6 Å². The summed E-state index contributed by atoms with van der Waals surface area (Å²) in [6.07, 6.45) is 14.3. The Kier molecular flexibility index (Phi) is 3.75. The lowest BCUT2D eigenvalue weighted by Crippen LogP contribution is -2.52. The molecule has 2 nitrogen and oxygen atoms in total. The minimum absolute atomic E-state index is 0.520. The lowest BCUT2D eigenvalue weighted by molar-refractivity contribution is -0.0403. The van der Waals surface area contributed by atoms with E-state index in [-0.39, 0.29) is 0 Å². The van der Waals surface area contributed by atoms with E-state index >= 15 is 0 Å². The first-order chi connectivity index (χ1) is 12.0. The van der Waals surface area contributed by atoms with Crippen LogP contribution in [-0.2, 0) is 0 Å². The molecule has 3 saturated carbocycles. The molecule has 25 heavy (non-hydrogen) atoms. The molecule has 1 saturated heterocycles. The van der Waals surface area contributed by atoms with E-state index in [0.29, 0.717) is 10.8 Å². The van der Waals surface area contributed by atoms with Crippen molar-refractivity contribution in [2.75, 3.05) is 20.6 Å². The molecule has 1 N–H and O–H groups in total. The van der Waals surface area contributed by atoms with Crippen molar-refractivity contribution in [3.63, 3.8) is 0 Å². The largest absolute Gasteiger partial charge is 0.317 e. The van der Waals surface area contributed by atoms with Gasteiger partial charge in [0.15, 0.2) is 0 Å². The third-order valence-electron chi connectivity index (χ3n) is 10.1. The van der Waals surface area contributed by atoms with Crippen molar-refractivity contribution in [3.8, 4) is 0 Å². The van der Waals surface area contributed by atoms with E-state index in [1.807, 2.05) is 5.57 Å². The first kappa shape index (κ1) is 16.8. The smallest absolute Gasteiger partial charge is 0.0102 e. The van der Waals surface area contributed by atoms with Crippen molar-refractivity contribution < 1.29 is 0 Å². The van der Waals surface area contributed by atoms with Crippen LogP contribution in [-0.4, -0.2) is 37.6 Å². The first-order valence-electron chi connectivity index (χ1n) is 11.1. The van der Waals surface area contributed by atoms with Gasteiger partial charge in [-0.15, -0.1) is 0 Å². The molecule has 0 aromatic rings. The molecule has 5 aliphatic rings. The van der Waals surface area contributed by atoms with Crippen molar-refractivity contribution in [1.82, 2.24) is 10.2 Å².